The van der Waals surface area contributed by atoms with Crippen LogP contribution in [-0.2, 0) is 11.3 Å². The van der Waals surface area contributed by atoms with Crippen LogP contribution < -0.4 is 5.32 Å². The van der Waals surface area contributed by atoms with Crippen molar-refractivity contribution < 1.29 is 4.79 Å². The van der Waals surface area contributed by atoms with Crippen molar-refractivity contribution in [1.29, 1.82) is 0 Å². The van der Waals surface area contributed by atoms with Crippen molar-refractivity contribution in [2.45, 2.75) is 50.6 Å². The van der Waals surface area contributed by atoms with Gasteiger partial charge in [0.2, 0.25) is 11.1 Å². The first-order valence-corrected chi connectivity index (χ1v) is 13.0. The van der Waals surface area contributed by atoms with Crippen molar-refractivity contribution in [3.8, 4) is 0 Å². The quantitative estimate of drug-likeness (QED) is 0.328. The maximum atomic E-state index is 12.9. The molecule has 0 radical (unpaired) electrons. The molecular formula is C27H34N6OS. The first-order chi connectivity index (χ1) is 16.9. The zero-order valence-electron chi connectivity index (χ0n) is 21.2. The highest BCUT2D eigenvalue weighted by molar-refractivity contribution is 8.00. The van der Waals surface area contributed by atoms with Crippen LogP contribution in [0.1, 0.15) is 36.5 Å². The minimum Gasteiger partial charge on any atom is -0.354 e. The third-order valence-corrected chi connectivity index (χ3v) is 7.13. The number of aromatic nitrogens is 4. The Morgan fingerprint density at radius 2 is 1.83 bits per heavy atom. The molecule has 4 rings (SSSR count). The maximum Gasteiger partial charge on any atom is 0.233 e. The first kappa shape index (κ1) is 25.1. The van der Waals surface area contributed by atoms with Crippen LogP contribution in [-0.4, -0.2) is 63.0 Å². The lowest BCUT2D eigenvalue weighted by molar-refractivity contribution is -0.120. The number of nitrogens with one attached hydrogen (secondary N) is 1. The van der Waals surface area contributed by atoms with E-state index < -0.39 is 0 Å². The second-order valence-corrected chi connectivity index (χ2v) is 10.5. The van der Waals surface area contributed by atoms with Crippen molar-refractivity contribution in [3.05, 3.63) is 59.2 Å². The van der Waals surface area contributed by atoms with Crippen LogP contribution in [0.3, 0.4) is 0 Å². The number of hydrogen-bond acceptors (Lipinski definition) is 6. The average Bonchev–Trinajstić information content (AvgIpc) is 3.12. The fourth-order valence-corrected chi connectivity index (χ4v) is 5.12. The molecule has 0 saturated heterocycles. The Morgan fingerprint density at radius 3 is 2.54 bits per heavy atom. The lowest BCUT2D eigenvalue weighted by Crippen LogP contribution is -2.37. The molecule has 1 amide bonds. The van der Waals surface area contributed by atoms with E-state index in [0.29, 0.717) is 18.2 Å². The van der Waals surface area contributed by atoms with E-state index >= 15 is 0 Å². The number of aryl methyl sites for hydroxylation is 2. The molecule has 0 fully saturated rings. The summed E-state index contributed by atoms with van der Waals surface area (Å²) >= 11 is 1.40. The molecular weight excluding hydrogens is 456 g/mol. The average molecular weight is 491 g/mol. The number of carbonyl (C=O) groups excluding carboxylic acids is 1. The Hall–Kier alpha value is -2.97. The minimum atomic E-state index is -0.251. The van der Waals surface area contributed by atoms with Crippen molar-refractivity contribution in [1.82, 2.24) is 30.0 Å². The molecule has 1 unspecified atom stereocenters. The van der Waals surface area contributed by atoms with Gasteiger partial charge in [-0.3, -0.25) is 4.79 Å². The van der Waals surface area contributed by atoms with Crippen LogP contribution >= 0.6 is 11.8 Å². The van der Waals surface area contributed by atoms with E-state index in [2.05, 4.69) is 88.2 Å². The predicted molar refractivity (Wildman–Crippen MR) is 144 cm³/mol. The number of amides is 1. The molecule has 4 aromatic rings. The van der Waals surface area contributed by atoms with Crippen LogP contribution in [0.2, 0.25) is 0 Å². The molecule has 7 nitrogen and oxygen atoms in total. The molecule has 1 atom stereocenters. The van der Waals surface area contributed by atoms with Gasteiger partial charge in [0, 0.05) is 25.0 Å². The zero-order chi connectivity index (χ0) is 24.9. The summed E-state index contributed by atoms with van der Waals surface area (Å²) in [6.45, 7) is 8.38. The predicted octanol–water partition coefficient (Wildman–Crippen LogP) is 4.58. The fraction of sp³-hybridized carbons (Fsp3) is 0.407. The molecule has 0 aliphatic carbocycles. The molecule has 1 N–H and O–H groups in total. The standard InChI is InChI=1S/C27H34N6OS/c1-6-7-23(26(34)28-14-15-32(4)5)35-27-29-25-24(30-31-27)21-16-19(3)10-13-22(21)33(25)17-20-11-8-18(2)9-12-20/h8-13,16,23H,6-7,14-15,17H2,1-5H3,(H,28,34). The third kappa shape index (κ3) is 6.00. The van der Waals surface area contributed by atoms with Gasteiger partial charge in [0.1, 0.15) is 5.52 Å². The Kier molecular flexibility index (Phi) is 8.03. The Morgan fingerprint density at radius 1 is 1.09 bits per heavy atom. The smallest absolute Gasteiger partial charge is 0.233 e. The van der Waals surface area contributed by atoms with E-state index in [1.807, 2.05) is 14.1 Å². The number of likely N-dealkylation sites (N-methyl/N-ethyl adjacent to an activating group) is 1. The SMILES string of the molecule is CCCC(Sc1nnc2c3cc(C)ccc3n(Cc3ccc(C)cc3)c2n1)C(=O)NCCN(C)C. The van der Waals surface area contributed by atoms with Crippen LogP contribution in [0, 0.1) is 13.8 Å². The molecule has 0 bridgehead atoms. The topological polar surface area (TPSA) is 75.9 Å². The van der Waals surface area contributed by atoms with E-state index in [1.54, 1.807) is 0 Å². The van der Waals surface area contributed by atoms with Gasteiger partial charge in [-0.1, -0.05) is 66.6 Å². The Labute approximate surface area is 211 Å². The van der Waals surface area contributed by atoms with Gasteiger partial charge in [0.25, 0.3) is 0 Å². The maximum absolute atomic E-state index is 12.9. The second kappa shape index (κ2) is 11.2. The van der Waals surface area contributed by atoms with Gasteiger partial charge in [0.05, 0.1) is 10.8 Å². The highest BCUT2D eigenvalue weighted by atomic mass is 32.2. The second-order valence-electron chi connectivity index (χ2n) is 9.35. The van der Waals surface area contributed by atoms with E-state index in [4.69, 9.17) is 4.98 Å². The largest absolute Gasteiger partial charge is 0.354 e. The number of nitrogens with zero attached hydrogens (tertiary/aromatic N) is 5. The van der Waals surface area contributed by atoms with Crippen LogP contribution in [0.15, 0.2) is 47.6 Å². The van der Waals surface area contributed by atoms with Gasteiger partial charge in [-0.05, 0) is 52.1 Å². The monoisotopic (exact) mass is 490 g/mol. The number of carbonyl (C=O) groups is 1. The first-order valence-electron chi connectivity index (χ1n) is 12.1. The molecule has 8 heteroatoms. The van der Waals surface area contributed by atoms with Gasteiger partial charge in [-0.25, -0.2) is 4.98 Å². The van der Waals surface area contributed by atoms with Gasteiger partial charge < -0.3 is 14.8 Å². The fourth-order valence-electron chi connectivity index (χ4n) is 4.09. The van der Waals surface area contributed by atoms with Crippen LogP contribution in [0.4, 0.5) is 0 Å². The van der Waals surface area contributed by atoms with E-state index in [-0.39, 0.29) is 11.2 Å². The summed E-state index contributed by atoms with van der Waals surface area (Å²) in [6.07, 6.45) is 1.66. The summed E-state index contributed by atoms with van der Waals surface area (Å²) in [4.78, 5) is 19.9. The number of thioether (sulfide) groups is 1. The zero-order valence-corrected chi connectivity index (χ0v) is 22.0. The Bertz CT molecular complexity index is 1320. The molecule has 0 spiro atoms. The molecule has 0 aliphatic rings. The van der Waals surface area contributed by atoms with Crippen molar-refractivity contribution in [2.75, 3.05) is 27.2 Å². The van der Waals surface area contributed by atoms with Crippen molar-refractivity contribution in [2.24, 2.45) is 0 Å². The molecule has 2 aromatic heterocycles. The summed E-state index contributed by atoms with van der Waals surface area (Å²) in [7, 11) is 3.99. The molecule has 0 aliphatic heterocycles. The molecule has 0 saturated carbocycles. The summed E-state index contributed by atoms with van der Waals surface area (Å²) in [6, 6.07) is 15.0. The summed E-state index contributed by atoms with van der Waals surface area (Å²) in [5.74, 6) is 0.0261. The van der Waals surface area contributed by atoms with Crippen LogP contribution in [0.25, 0.3) is 22.1 Å². The number of rotatable bonds is 10. The van der Waals surface area contributed by atoms with E-state index in [0.717, 1.165) is 41.5 Å². The molecule has 2 heterocycles. The lowest BCUT2D eigenvalue weighted by Gasteiger charge is -2.16. The van der Waals surface area contributed by atoms with Crippen LogP contribution in [0.5, 0.6) is 0 Å². The van der Waals surface area contributed by atoms with Gasteiger partial charge >= 0.3 is 0 Å². The van der Waals surface area contributed by atoms with E-state index in [9.17, 15) is 4.79 Å². The Balaban J connectivity index is 1.68. The molecule has 184 valence electrons. The van der Waals surface area contributed by atoms with Crippen molar-refractivity contribution in [3.63, 3.8) is 0 Å². The normalized spacial score (nSPS) is 12.5. The molecule has 35 heavy (non-hydrogen) atoms. The molecule has 2 aromatic carbocycles. The minimum absolute atomic E-state index is 0.0261. The van der Waals surface area contributed by atoms with Gasteiger partial charge in [0.15, 0.2) is 5.65 Å². The number of hydrogen-bond donors (Lipinski definition) is 1. The number of benzene rings is 2. The highest BCUT2D eigenvalue weighted by Crippen LogP contribution is 2.30. The summed E-state index contributed by atoms with van der Waals surface area (Å²) in [5, 5.41) is 13.4. The van der Waals surface area contributed by atoms with Gasteiger partial charge in [-0.15, -0.1) is 10.2 Å². The lowest BCUT2D eigenvalue weighted by atomic mass is 10.1. The van der Waals surface area contributed by atoms with Gasteiger partial charge in [-0.2, -0.15) is 0 Å². The third-order valence-electron chi connectivity index (χ3n) is 6.01. The van der Waals surface area contributed by atoms with E-state index in [1.165, 1.54) is 28.5 Å². The summed E-state index contributed by atoms with van der Waals surface area (Å²) in [5.41, 5.74) is 6.29. The van der Waals surface area contributed by atoms with Crippen molar-refractivity contribution >= 4 is 39.7 Å². The summed E-state index contributed by atoms with van der Waals surface area (Å²) < 4.78 is 2.21. The number of fused-ring (bicyclic) bond motifs is 3. The highest BCUT2D eigenvalue weighted by Gasteiger charge is 2.22.